The van der Waals surface area contributed by atoms with Gasteiger partial charge in [0.1, 0.15) is 5.69 Å². The zero-order valence-electron chi connectivity index (χ0n) is 9.93. The van der Waals surface area contributed by atoms with Gasteiger partial charge >= 0.3 is 0 Å². The molecule has 0 atom stereocenters. The van der Waals surface area contributed by atoms with Gasteiger partial charge in [-0.1, -0.05) is 6.07 Å². The minimum Gasteiger partial charge on any atom is -0.397 e. The number of aromatic nitrogens is 1. The number of hydrogen-bond acceptors (Lipinski definition) is 3. The third kappa shape index (κ3) is 2.26. The summed E-state index contributed by atoms with van der Waals surface area (Å²) in [6.07, 6.45) is 4.14. The van der Waals surface area contributed by atoms with Gasteiger partial charge in [-0.2, -0.15) is 0 Å². The number of nitrogens with one attached hydrogen (secondary N) is 1. The molecule has 0 spiro atoms. The zero-order valence-corrected chi connectivity index (χ0v) is 10.7. The van der Waals surface area contributed by atoms with Crippen molar-refractivity contribution in [3.63, 3.8) is 0 Å². The first-order chi connectivity index (χ1) is 8.74. The summed E-state index contributed by atoms with van der Waals surface area (Å²) in [6, 6.07) is 6.21. The van der Waals surface area contributed by atoms with Gasteiger partial charge in [0.2, 0.25) is 0 Å². The van der Waals surface area contributed by atoms with Crippen molar-refractivity contribution < 1.29 is 4.79 Å². The second kappa shape index (κ2) is 4.49. The molecule has 0 bridgehead atoms. The van der Waals surface area contributed by atoms with Crippen LogP contribution in [0, 0.1) is 0 Å². The average molecular weight is 261 g/mol. The molecule has 3 N–H and O–H groups in total. The number of nitrogens with zero attached hydrogens (tertiary/aromatic N) is 1. The van der Waals surface area contributed by atoms with Crippen molar-refractivity contribution in [2.75, 3.05) is 5.73 Å². The molecule has 3 rings (SSSR count). The monoisotopic (exact) mass is 261 g/mol. The second-order valence-corrected chi connectivity index (χ2v) is 5.59. The van der Waals surface area contributed by atoms with E-state index in [1.807, 2.05) is 28.3 Å². The Morgan fingerprint density at radius 2 is 2.39 bits per heavy atom. The van der Waals surface area contributed by atoms with Gasteiger partial charge in [0.05, 0.1) is 12.2 Å². The van der Waals surface area contributed by atoms with Crippen LogP contribution < -0.4 is 11.1 Å². The van der Waals surface area contributed by atoms with E-state index in [0.29, 0.717) is 24.0 Å². The lowest BCUT2D eigenvalue weighted by Gasteiger charge is -2.07. The molecule has 1 fully saturated rings. The largest absolute Gasteiger partial charge is 0.397 e. The summed E-state index contributed by atoms with van der Waals surface area (Å²) in [4.78, 5) is 13.3. The maximum Gasteiger partial charge on any atom is 0.268 e. The molecule has 1 amide bonds. The van der Waals surface area contributed by atoms with Crippen molar-refractivity contribution in [1.29, 1.82) is 0 Å². The highest BCUT2D eigenvalue weighted by Gasteiger charge is 2.27. The fraction of sp³-hybridized carbons (Fsp3) is 0.308. The van der Waals surface area contributed by atoms with E-state index in [1.54, 1.807) is 17.4 Å². The summed E-state index contributed by atoms with van der Waals surface area (Å²) in [6.45, 7) is 0.576. The number of nitrogen functional groups attached to an aromatic ring is 1. The minimum absolute atomic E-state index is 0.0491. The molecule has 2 heterocycles. The van der Waals surface area contributed by atoms with Crippen molar-refractivity contribution in [2.24, 2.45) is 0 Å². The second-order valence-electron chi connectivity index (χ2n) is 4.56. The Kier molecular flexibility index (Phi) is 2.83. The highest BCUT2D eigenvalue weighted by Crippen LogP contribution is 2.37. The Balaban J connectivity index is 1.71. The number of carbonyl (C=O) groups is 1. The molecule has 0 aliphatic heterocycles. The smallest absolute Gasteiger partial charge is 0.268 e. The third-order valence-electron chi connectivity index (χ3n) is 3.05. The lowest BCUT2D eigenvalue weighted by molar-refractivity contribution is 0.0942. The molecule has 2 aromatic rings. The predicted octanol–water partition coefficient (Wildman–Crippen LogP) is 2.40. The van der Waals surface area contributed by atoms with Crippen LogP contribution in [0.5, 0.6) is 0 Å². The van der Waals surface area contributed by atoms with Gasteiger partial charge < -0.3 is 15.6 Å². The third-order valence-corrected chi connectivity index (χ3v) is 3.92. The van der Waals surface area contributed by atoms with E-state index in [0.717, 1.165) is 17.7 Å². The number of nitrogens with two attached hydrogens (primary N) is 1. The Bertz CT molecular complexity index is 555. The molecule has 5 heteroatoms. The Hall–Kier alpha value is -1.75. The van der Waals surface area contributed by atoms with E-state index in [-0.39, 0.29) is 5.91 Å². The van der Waals surface area contributed by atoms with E-state index in [9.17, 15) is 4.79 Å². The first kappa shape index (κ1) is 11.3. The molecular weight excluding hydrogens is 246 g/mol. The highest BCUT2D eigenvalue weighted by atomic mass is 32.1. The first-order valence-corrected chi connectivity index (χ1v) is 6.90. The molecule has 2 aromatic heterocycles. The van der Waals surface area contributed by atoms with E-state index < -0.39 is 0 Å². The minimum atomic E-state index is -0.0491. The molecule has 0 aromatic carbocycles. The summed E-state index contributed by atoms with van der Waals surface area (Å²) >= 11 is 1.64. The number of anilines is 1. The lowest BCUT2D eigenvalue weighted by Crippen LogP contribution is -2.24. The highest BCUT2D eigenvalue weighted by molar-refractivity contribution is 7.09. The number of carbonyl (C=O) groups excluding carboxylic acids is 1. The van der Waals surface area contributed by atoms with E-state index in [4.69, 9.17) is 5.73 Å². The summed E-state index contributed by atoms with van der Waals surface area (Å²) in [5.74, 6) is -0.0491. The zero-order chi connectivity index (χ0) is 12.5. The van der Waals surface area contributed by atoms with Crippen LogP contribution in [0.1, 0.15) is 34.2 Å². The SMILES string of the molecule is Nc1cc(C(=O)NCc2cccs2)n(C2CC2)c1. The molecule has 0 radical (unpaired) electrons. The number of rotatable bonds is 4. The summed E-state index contributed by atoms with van der Waals surface area (Å²) in [7, 11) is 0. The van der Waals surface area contributed by atoms with Gasteiger partial charge in [-0.15, -0.1) is 11.3 Å². The fourth-order valence-corrected chi connectivity index (χ4v) is 2.65. The van der Waals surface area contributed by atoms with Crippen molar-refractivity contribution in [3.8, 4) is 0 Å². The molecule has 94 valence electrons. The Morgan fingerprint density at radius 3 is 3.06 bits per heavy atom. The van der Waals surface area contributed by atoms with Crippen molar-refractivity contribution in [2.45, 2.75) is 25.4 Å². The lowest BCUT2D eigenvalue weighted by atomic mass is 10.3. The normalized spacial score (nSPS) is 14.7. The van der Waals surface area contributed by atoms with E-state index >= 15 is 0 Å². The topological polar surface area (TPSA) is 60.1 Å². The first-order valence-electron chi connectivity index (χ1n) is 6.02. The standard InChI is InChI=1S/C13H15N3OS/c14-9-6-12(16(8-9)10-3-4-10)13(17)15-7-11-2-1-5-18-11/h1-2,5-6,8,10H,3-4,7,14H2,(H,15,17). The van der Waals surface area contributed by atoms with Gasteiger partial charge in [0, 0.05) is 17.1 Å². The van der Waals surface area contributed by atoms with Crippen LogP contribution in [0.2, 0.25) is 0 Å². The molecule has 0 unspecified atom stereocenters. The Morgan fingerprint density at radius 1 is 1.56 bits per heavy atom. The molecule has 4 nitrogen and oxygen atoms in total. The van der Waals surface area contributed by atoms with Gasteiger partial charge in [-0.25, -0.2) is 0 Å². The van der Waals surface area contributed by atoms with Gasteiger partial charge in [-0.3, -0.25) is 4.79 Å². The van der Waals surface area contributed by atoms with Crippen LogP contribution in [-0.2, 0) is 6.54 Å². The van der Waals surface area contributed by atoms with Crippen LogP contribution in [0.4, 0.5) is 5.69 Å². The molecule has 1 aliphatic rings. The van der Waals surface area contributed by atoms with Gasteiger partial charge in [-0.05, 0) is 30.4 Å². The number of amides is 1. The predicted molar refractivity (Wildman–Crippen MR) is 72.6 cm³/mol. The molecular formula is C13H15N3OS. The van der Waals surface area contributed by atoms with E-state index in [2.05, 4.69) is 5.32 Å². The quantitative estimate of drug-likeness (QED) is 0.887. The van der Waals surface area contributed by atoms with Crippen molar-refractivity contribution >= 4 is 22.9 Å². The number of hydrogen-bond donors (Lipinski definition) is 2. The van der Waals surface area contributed by atoms with E-state index in [1.165, 1.54) is 0 Å². The van der Waals surface area contributed by atoms with Crippen LogP contribution >= 0.6 is 11.3 Å². The van der Waals surface area contributed by atoms with Crippen LogP contribution in [-0.4, -0.2) is 10.5 Å². The summed E-state index contributed by atoms with van der Waals surface area (Å²) < 4.78 is 2.00. The van der Waals surface area contributed by atoms with Crippen LogP contribution in [0.3, 0.4) is 0 Å². The van der Waals surface area contributed by atoms with Gasteiger partial charge in [0.15, 0.2) is 0 Å². The maximum absolute atomic E-state index is 12.1. The van der Waals surface area contributed by atoms with Crippen LogP contribution in [0.25, 0.3) is 0 Å². The summed E-state index contributed by atoms with van der Waals surface area (Å²) in [5, 5.41) is 4.94. The average Bonchev–Trinajstić information content (AvgIpc) is 2.92. The Labute approximate surface area is 109 Å². The molecule has 1 aliphatic carbocycles. The molecule has 18 heavy (non-hydrogen) atoms. The maximum atomic E-state index is 12.1. The molecule has 0 saturated heterocycles. The van der Waals surface area contributed by atoms with Gasteiger partial charge in [0.25, 0.3) is 5.91 Å². The van der Waals surface area contributed by atoms with Crippen LogP contribution in [0.15, 0.2) is 29.8 Å². The van der Waals surface area contributed by atoms with Crippen molar-refractivity contribution in [3.05, 3.63) is 40.3 Å². The number of thiophene rings is 1. The fourth-order valence-electron chi connectivity index (χ4n) is 2.01. The van der Waals surface area contributed by atoms with Crippen molar-refractivity contribution in [1.82, 2.24) is 9.88 Å². The summed E-state index contributed by atoms with van der Waals surface area (Å²) in [5.41, 5.74) is 7.10. The molecule has 1 saturated carbocycles.